The first-order chi connectivity index (χ1) is 6.43. The van der Waals surface area contributed by atoms with Crippen molar-refractivity contribution in [3.8, 4) is 0 Å². The van der Waals surface area contributed by atoms with Crippen LogP contribution in [0.4, 0.5) is 0 Å². The summed E-state index contributed by atoms with van der Waals surface area (Å²) < 4.78 is 5.22. The van der Waals surface area contributed by atoms with Gasteiger partial charge in [-0.15, -0.1) is 0 Å². The molecule has 4 nitrogen and oxygen atoms in total. The van der Waals surface area contributed by atoms with E-state index in [4.69, 9.17) is 9.84 Å². The van der Waals surface area contributed by atoms with E-state index in [1.165, 1.54) is 0 Å². The van der Waals surface area contributed by atoms with Gasteiger partial charge in [0.1, 0.15) is 5.60 Å². The maximum Gasteiger partial charge on any atom is 0.310 e. The van der Waals surface area contributed by atoms with Crippen LogP contribution in [0.25, 0.3) is 0 Å². The summed E-state index contributed by atoms with van der Waals surface area (Å²) in [4.78, 5) is 22.4. The predicted molar refractivity (Wildman–Crippen MR) is 47.5 cm³/mol. The summed E-state index contributed by atoms with van der Waals surface area (Å²) in [5.41, 5.74) is -0.410. The maximum atomic E-state index is 11.4. The molecule has 1 saturated carbocycles. The van der Waals surface area contributed by atoms with Crippen molar-refractivity contribution in [3.05, 3.63) is 0 Å². The highest BCUT2D eigenvalue weighted by molar-refractivity contribution is 5.83. The minimum Gasteiger partial charge on any atom is -0.481 e. The van der Waals surface area contributed by atoms with E-state index in [0.717, 1.165) is 0 Å². The Hall–Kier alpha value is -1.06. The summed E-state index contributed by atoms with van der Waals surface area (Å²) in [6.07, 6.45) is 1.22. The fourth-order valence-electron chi connectivity index (χ4n) is 2.93. The lowest BCUT2D eigenvalue weighted by molar-refractivity contribution is -0.152. The molecule has 4 atom stereocenters. The highest BCUT2D eigenvalue weighted by atomic mass is 16.6. The summed E-state index contributed by atoms with van der Waals surface area (Å²) >= 11 is 0. The van der Waals surface area contributed by atoms with Gasteiger partial charge in [-0.05, 0) is 19.3 Å². The standard InChI is InChI=1S/C10H14O4/c1-5-3-10(2)4-6(9(13)14-10)7(5)8(11)12/h5-7H,3-4H2,1-2H3,(H,11,12)/t5-,6+,7+,10+/m0/s1. The number of hydrogen-bond donors (Lipinski definition) is 1. The lowest BCUT2D eigenvalue weighted by Crippen LogP contribution is -2.39. The summed E-state index contributed by atoms with van der Waals surface area (Å²) in [5.74, 6) is -2.17. The molecular formula is C10H14O4. The molecule has 0 aromatic rings. The lowest BCUT2D eigenvalue weighted by Gasteiger charge is -2.33. The van der Waals surface area contributed by atoms with Crippen LogP contribution >= 0.6 is 0 Å². The summed E-state index contributed by atoms with van der Waals surface area (Å²) in [7, 11) is 0. The first-order valence-electron chi connectivity index (χ1n) is 4.89. The Bertz CT molecular complexity index is 298. The molecule has 14 heavy (non-hydrogen) atoms. The summed E-state index contributed by atoms with van der Waals surface area (Å²) in [5, 5.41) is 9.02. The van der Waals surface area contributed by atoms with Crippen molar-refractivity contribution in [2.24, 2.45) is 17.8 Å². The van der Waals surface area contributed by atoms with Gasteiger partial charge in [0.25, 0.3) is 0 Å². The van der Waals surface area contributed by atoms with E-state index in [2.05, 4.69) is 0 Å². The van der Waals surface area contributed by atoms with Crippen LogP contribution in [-0.2, 0) is 14.3 Å². The number of ether oxygens (including phenoxy) is 1. The fraction of sp³-hybridized carbons (Fsp3) is 0.800. The van der Waals surface area contributed by atoms with Crippen LogP contribution in [-0.4, -0.2) is 22.6 Å². The van der Waals surface area contributed by atoms with Gasteiger partial charge < -0.3 is 9.84 Å². The Balaban J connectivity index is 2.31. The van der Waals surface area contributed by atoms with Crippen LogP contribution < -0.4 is 0 Å². The molecule has 0 spiro atoms. The smallest absolute Gasteiger partial charge is 0.310 e. The molecule has 1 aliphatic carbocycles. The maximum absolute atomic E-state index is 11.4. The zero-order valence-electron chi connectivity index (χ0n) is 8.32. The van der Waals surface area contributed by atoms with E-state index < -0.39 is 23.4 Å². The second-order valence-electron chi connectivity index (χ2n) is 4.73. The van der Waals surface area contributed by atoms with Gasteiger partial charge in [-0.2, -0.15) is 0 Å². The van der Waals surface area contributed by atoms with E-state index in [9.17, 15) is 9.59 Å². The van der Waals surface area contributed by atoms with E-state index in [1.54, 1.807) is 0 Å². The first kappa shape index (κ1) is 9.49. The zero-order chi connectivity index (χ0) is 10.5. The van der Waals surface area contributed by atoms with E-state index in [-0.39, 0.29) is 11.9 Å². The van der Waals surface area contributed by atoms with Crippen LogP contribution in [0.3, 0.4) is 0 Å². The van der Waals surface area contributed by atoms with Crippen molar-refractivity contribution in [2.45, 2.75) is 32.3 Å². The second kappa shape index (κ2) is 2.72. The fourth-order valence-corrected chi connectivity index (χ4v) is 2.93. The predicted octanol–water partition coefficient (Wildman–Crippen LogP) is 1.05. The average Bonchev–Trinajstić information content (AvgIpc) is 2.21. The molecule has 0 aromatic carbocycles. The number of esters is 1. The molecule has 1 saturated heterocycles. The van der Waals surface area contributed by atoms with Crippen LogP contribution in [0.1, 0.15) is 26.7 Å². The van der Waals surface area contributed by atoms with E-state index in [1.807, 2.05) is 13.8 Å². The molecule has 0 radical (unpaired) electrons. The van der Waals surface area contributed by atoms with Crippen LogP contribution in [0.2, 0.25) is 0 Å². The Morgan fingerprint density at radius 1 is 1.57 bits per heavy atom. The van der Waals surface area contributed by atoms with E-state index >= 15 is 0 Å². The Morgan fingerprint density at radius 2 is 2.21 bits per heavy atom. The number of carboxylic acid groups (broad SMARTS) is 1. The van der Waals surface area contributed by atoms with Gasteiger partial charge in [0.05, 0.1) is 11.8 Å². The monoisotopic (exact) mass is 198 g/mol. The van der Waals surface area contributed by atoms with E-state index in [0.29, 0.717) is 12.8 Å². The molecule has 1 heterocycles. The van der Waals surface area contributed by atoms with Crippen LogP contribution in [0.5, 0.6) is 0 Å². The van der Waals surface area contributed by atoms with Crippen LogP contribution in [0, 0.1) is 17.8 Å². The SMILES string of the molecule is C[C@H]1C[C@]2(C)C[C@@H](C(=O)O2)[C@@H]1C(=O)O. The summed E-state index contributed by atoms with van der Waals surface area (Å²) in [6, 6.07) is 0. The van der Waals surface area contributed by atoms with Gasteiger partial charge in [0, 0.05) is 6.42 Å². The van der Waals surface area contributed by atoms with Gasteiger partial charge >= 0.3 is 11.9 Å². The molecule has 2 rings (SSSR count). The molecule has 1 aliphatic heterocycles. The average molecular weight is 198 g/mol. The lowest BCUT2D eigenvalue weighted by atomic mass is 9.69. The van der Waals surface area contributed by atoms with Gasteiger partial charge in [-0.25, -0.2) is 0 Å². The van der Waals surface area contributed by atoms with Crippen molar-refractivity contribution in [2.75, 3.05) is 0 Å². The number of hydrogen-bond acceptors (Lipinski definition) is 3. The largest absolute Gasteiger partial charge is 0.481 e. The number of aliphatic carboxylic acids is 1. The minimum absolute atomic E-state index is 0.0164. The molecular weight excluding hydrogens is 184 g/mol. The highest BCUT2D eigenvalue weighted by Gasteiger charge is 2.55. The third kappa shape index (κ3) is 1.21. The highest BCUT2D eigenvalue weighted by Crippen LogP contribution is 2.48. The van der Waals surface area contributed by atoms with Gasteiger partial charge in [-0.1, -0.05) is 6.92 Å². The molecule has 4 heteroatoms. The third-order valence-corrected chi connectivity index (χ3v) is 3.39. The molecule has 0 unspecified atom stereocenters. The molecule has 0 aromatic heterocycles. The number of carbonyl (C=O) groups excluding carboxylic acids is 1. The minimum atomic E-state index is -0.872. The van der Waals surface area contributed by atoms with Gasteiger partial charge in [0.2, 0.25) is 0 Å². The molecule has 1 N–H and O–H groups in total. The van der Waals surface area contributed by atoms with Crippen molar-refractivity contribution < 1.29 is 19.4 Å². The molecule has 2 fully saturated rings. The van der Waals surface area contributed by atoms with Crippen molar-refractivity contribution >= 4 is 11.9 Å². The second-order valence-corrected chi connectivity index (χ2v) is 4.73. The molecule has 0 amide bonds. The number of carboxylic acids is 1. The quantitative estimate of drug-likeness (QED) is 0.639. The first-order valence-corrected chi connectivity index (χ1v) is 4.89. The van der Waals surface area contributed by atoms with Gasteiger partial charge in [0.15, 0.2) is 0 Å². The van der Waals surface area contributed by atoms with Crippen molar-refractivity contribution in [1.29, 1.82) is 0 Å². The van der Waals surface area contributed by atoms with Crippen molar-refractivity contribution in [1.82, 2.24) is 0 Å². The number of rotatable bonds is 1. The molecule has 2 aliphatic rings. The number of fused-ring (bicyclic) bond motifs is 2. The van der Waals surface area contributed by atoms with Crippen molar-refractivity contribution in [3.63, 3.8) is 0 Å². The molecule has 2 bridgehead atoms. The Kier molecular flexibility index (Phi) is 1.84. The van der Waals surface area contributed by atoms with Gasteiger partial charge in [-0.3, -0.25) is 9.59 Å². The topological polar surface area (TPSA) is 63.6 Å². The third-order valence-electron chi connectivity index (χ3n) is 3.39. The normalized spacial score (nSPS) is 46.1. The summed E-state index contributed by atoms with van der Waals surface area (Å²) in [6.45, 7) is 3.77. The zero-order valence-corrected chi connectivity index (χ0v) is 8.32. The number of carbonyl (C=O) groups is 2. The Labute approximate surface area is 82.2 Å². The van der Waals surface area contributed by atoms with Crippen LogP contribution in [0.15, 0.2) is 0 Å². The Morgan fingerprint density at radius 3 is 2.79 bits per heavy atom. The molecule has 78 valence electrons.